The van der Waals surface area contributed by atoms with Crippen molar-refractivity contribution in [3.05, 3.63) is 0 Å². The lowest BCUT2D eigenvalue weighted by Gasteiger charge is -2.35. The standard InChI is InChI=1S/C15H24N2O3/c1-12(2)17(10-6-9-16)13(18)11-15(14(19)20)7-4-3-5-8-15/h12H,3-8,10-11H2,1-2H3,(H,19,20). The number of carbonyl (C=O) groups excluding carboxylic acids is 1. The van der Waals surface area contributed by atoms with Crippen molar-refractivity contribution in [2.75, 3.05) is 6.54 Å². The fraction of sp³-hybridized carbons (Fsp3) is 0.800. The number of carboxylic acids is 1. The van der Waals surface area contributed by atoms with Crippen LogP contribution < -0.4 is 0 Å². The van der Waals surface area contributed by atoms with Crippen LogP contribution in [0.4, 0.5) is 0 Å². The van der Waals surface area contributed by atoms with Gasteiger partial charge < -0.3 is 10.0 Å². The van der Waals surface area contributed by atoms with Crippen LogP contribution in [-0.2, 0) is 9.59 Å². The smallest absolute Gasteiger partial charge is 0.310 e. The number of nitrogens with zero attached hydrogens (tertiary/aromatic N) is 2. The molecule has 1 fully saturated rings. The van der Waals surface area contributed by atoms with Gasteiger partial charge in [0.05, 0.1) is 17.9 Å². The number of nitriles is 1. The molecule has 0 aliphatic heterocycles. The summed E-state index contributed by atoms with van der Waals surface area (Å²) in [5, 5.41) is 18.2. The van der Waals surface area contributed by atoms with Gasteiger partial charge in [-0.1, -0.05) is 19.3 Å². The SMILES string of the molecule is CC(C)N(CCC#N)C(=O)CC1(C(=O)O)CCCCC1. The van der Waals surface area contributed by atoms with Gasteiger partial charge in [0.25, 0.3) is 0 Å². The van der Waals surface area contributed by atoms with Crippen molar-refractivity contribution >= 4 is 11.9 Å². The Bertz CT molecular complexity index is 392. The van der Waals surface area contributed by atoms with E-state index in [1.807, 2.05) is 19.9 Å². The average molecular weight is 280 g/mol. The number of aliphatic carboxylic acids is 1. The molecule has 1 rings (SSSR count). The van der Waals surface area contributed by atoms with Gasteiger partial charge in [0.2, 0.25) is 5.91 Å². The molecule has 1 N–H and O–H groups in total. The van der Waals surface area contributed by atoms with Crippen LogP contribution in [0.1, 0.15) is 58.8 Å². The second-order valence-electron chi connectivity index (χ2n) is 5.91. The molecule has 1 aliphatic carbocycles. The zero-order valence-corrected chi connectivity index (χ0v) is 12.4. The van der Waals surface area contributed by atoms with Crippen LogP contribution in [0.15, 0.2) is 0 Å². The van der Waals surface area contributed by atoms with Crippen LogP contribution in [0, 0.1) is 16.7 Å². The van der Waals surface area contributed by atoms with Gasteiger partial charge >= 0.3 is 5.97 Å². The molecule has 5 heteroatoms. The van der Waals surface area contributed by atoms with E-state index >= 15 is 0 Å². The highest BCUT2D eigenvalue weighted by Gasteiger charge is 2.42. The molecule has 20 heavy (non-hydrogen) atoms. The number of rotatable bonds is 6. The minimum Gasteiger partial charge on any atom is -0.481 e. The van der Waals surface area contributed by atoms with Gasteiger partial charge in [0.1, 0.15) is 0 Å². The third kappa shape index (κ3) is 3.96. The third-order valence-corrected chi connectivity index (χ3v) is 4.16. The zero-order valence-electron chi connectivity index (χ0n) is 12.4. The highest BCUT2D eigenvalue weighted by Crippen LogP contribution is 2.40. The van der Waals surface area contributed by atoms with Gasteiger partial charge in [-0.25, -0.2) is 0 Å². The monoisotopic (exact) mass is 280 g/mol. The van der Waals surface area contributed by atoms with E-state index in [1.165, 1.54) is 0 Å². The Kier molecular flexibility index (Phi) is 6.00. The summed E-state index contributed by atoms with van der Waals surface area (Å²) in [7, 11) is 0. The predicted molar refractivity (Wildman–Crippen MR) is 74.8 cm³/mol. The summed E-state index contributed by atoms with van der Waals surface area (Å²) in [6, 6.07) is 2.02. The number of amides is 1. The highest BCUT2D eigenvalue weighted by molar-refractivity contribution is 5.85. The maximum Gasteiger partial charge on any atom is 0.310 e. The Balaban J connectivity index is 2.78. The Morgan fingerprint density at radius 2 is 1.90 bits per heavy atom. The van der Waals surface area contributed by atoms with Crippen LogP contribution in [0.25, 0.3) is 0 Å². The second-order valence-corrected chi connectivity index (χ2v) is 5.91. The zero-order chi connectivity index (χ0) is 15.2. The van der Waals surface area contributed by atoms with E-state index < -0.39 is 11.4 Å². The fourth-order valence-corrected chi connectivity index (χ4v) is 2.93. The molecule has 0 aromatic rings. The topological polar surface area (TPSA) is 81.4 Å². The Labute approximate surface area is 120 Å². The van der Waals surface area contributed by atoms with Gasteiger partial charge in [-0.3, -0.25) is 9.59 Å². The summed E-state index contributed by atoms with van der Waals surface area (Å²) in [4.78, 5) is 25.6. The first kappa shape index (κ1) is 16.5. The minimum absolute atomic E-state index is 0.00899. The molecule has 0 heterocycles. The molecule has 1 amide bonds. The van der Waals surface area contributed by atoms with Crippen molar-refractivity contribution in [2.45, 2.75) is 64.8 Å². The Morgan fingerprint density at radius 3 is 2.35 bits per heavy atom. The van der Waals surface area contributed by atoms with Crippen LogP contribution in [0.3, 0.4) is 0 Å². The molecule has 1 saturated carbocycles. The first-order valence-electron chi connectivity index (χ1n) is 7.33. The Morgan fingerprint density at radius 1 is 1.30 bits per heavy atom. The highest BCUT2D eigenvalue weighted by atomic mass is 16.4. The Hall–Kier alpha value is -1.57. The molecule has 0 bridgehead atoms. The van der Waals surface area contributed by atoms with E-state index in [0.29, 0.717) is 19.4 Å². The first-order valence-corrected chi connectivity index (χ1v) is 7.33. The van der Waals surface area contributed by atoms with Crippen LogP contribution >= 0.6 is 0 Å². The molecular formula is C15H24N2O3. The van der Waals surface area contributed by atoms with Crippen LogP contribution in [0.5, 0.6) is 0 Å². The van der Waals surface area contributed by atoms with Crippen LogP contribution in [0.2, 0.25) is 0 Å². The van der Waals surface area contributed by atoms with Crippen molar-refractivity contribution in [1.29, 1.82) is 5.26 Å². The number of carboxylic acid groups (broad SMARTS) is 1. The van der Waals surface area contributed by atoms with E-state index in [2.05, 4.69) is 0 Å². The summed E-state index contributed by atoms with van der Waals surface area (Å²) in [5.74, 6) is -0.992. The fourth-order valence-electron chi connectivity index (χ4n) is 2.93. The molecule has 0 atom stereocenters. The molecule has 0 radical (unpaired) electrons. The molecular weight excluding hydrogens is 256 g/mol. The normalized spacial score (nSPS) is 17.5. The van der Waals surface area contributed by atoms with Gasteiger partial charge in [-0.15, -0.1) is 0 Å². The second kappa shape index (κ2) is 7.28. The molecule has 0 unspecified atom stereocenters. The first-order chi connectivity index (χ1) is 9.43. The molecule has 5 nitrogen and oxygen atoms in total. The predicted octanol–water partition coefficient (Wildman–Crippen LogP) is 2.56. The summed E-state index contributed by atoms with van der Waals surface area (Å²) in [6.45, 7) is 4.16. The van der Waals surface area contributed by atoms with E-state index in [-0.39, 0.29) is 24.8 Å². The summed E-state index contributed by atoms with van der Waals surface area (Å²) < 4.78 is 0. The quantitative estimate of drug-likeness (QED) is 0.810. The number of hydrogen-bond donors (Lipinski definition) is 1. The van der Waals surface area contributed by atoms with Crippen molar-refractivity contribution in [3.8, 4) is 6.07 Å². The van der Waals surface area contributed by atoms with Crippen molar-refractivity contribution < 1.29 is 14.7 Å². The molecule has 0 aromatic heterocycles. The summed E-state index contributed by atoms with van der Waals surface area (Å²) in [6.07, 6.45) is 4.30. The number of hydrogen-bond acceptors (Lipinski definition) is 3. The van der Waals surface area contributed by atoms with E-state index in [0.717, 1.165) is 19.3 Å². The van der Waals surface area contributed by atoms with Gasteiger partial charge in [-0.05, 0) is 26.7 Å². The molecule has 112 valence electrons. The lowest BCUT2D eigenvalue weighted by molar-refractivity contribution is -0.156. The van der Waals surface area contributed by atoms with Crippen molar-refractivity contribution in [1.82, 2.24) is 4.90 Å². The molecule has 0 spiro atoms. The maximum absolute atomic E-state index is 12.4. The third-order valence-electron chi connectivity index (χ3n) is 4.16. The van der Waals surface area contributed by atoms with E-state index in [4.69, 9.17) is 5.26 Å². The molecule has 1 aliphatic rings. The van der Waals surface area contributed by atoms with Crippen LogP contribution in [-0.4, -0.2) is 34.5 Å². The average Bonchev–Trinajstić information content (AvgIpc) is 2.39. The minimum atomic E-state index is -0.894. The molecule has 0 aromatic carbocycles. The van der Waals surface area contributed by atoms with E-state index in [9.17, 15) is 14.7 Å². The summed E-state index contributed by atoms with van der Waals surface area (Å²) in [5.41, 5.74) is -0.894. The largest absolute Gasteiger partial charge is 0.481 e. The lowest BCUT2D eigenvalue weighted by Crippen LogP contribution is -2.43. The number of carbonyl (C=O) groups is 2. The lowest BCUT2D eigenvalue weighted by atomic mass is 9.71. The van der Waals surface area contributed by atoms with E-state index in [1.54, 1.807) is 4.90 Å². The van der Waals surface area contributed by atoms with Crippen molar-refractivity contribution in [2.24, 2.45) is 5.41 Å². The van der Waals surface area contributed by atoms with Gasteiger partial charge in [-0.2, -0.15) is 5.26 Å². The summed E-state index contributed by atoms with van der Waals surface area (Å²) >= 11 is 0. The van der Waals surface area contributed by atoms with Crippen molar-refractivity contribution in [3.63, 3.8) is 0 Å². The van der Waals surface area contributed by atoms with Gasteiger partial charge in [0, 0.05) is 19.0 Å². The maximum atomic E-state index is 12.4. The molecule has 0 saturated heterocycles. The van der Waals surface area contributed by atoms with Gasteiger partial charge in [0.15, 0.2) is 0 Å².